The van der Waals surface area contributed by atoms with Crippen molar-refractivity contribution in [2.24, 2.45) is 11.8 Å². The number of fused-ring (bicyclic) bond motifs is 1. The molecular weight excluding hydrogens is 283 g/mol. The number of hydrogen-bond donors (Lipinski definition) is 2. The molecule has 3 N–H and O–H groups in total. The molecule has 1 aromatic rings. The highest BCUT2D eigenvalue weighted by atomic mass is 32.2. The Bertz CT molecular complexity index is 635. The average molecular weight is 300 g/mol. The maximum Gasteiger partial charge on any atom is 0.246 e. The van der Waals surface area contributed by atoms with Crippen molar-refractivity contribution in [2.75, 3.05) is 18.8 Å². The minimum atomic E-state index is -3.86. The molecule has 1 aliphatic heterocycles. The molecule has 1 aliphatic carbocycles. The number of aliphatic hydroxyl groups excluding tert-OH is 1. The molecule has 3 atom stereocenters. The van der Waals surface area contributed by atoms with Crippen LogP contribution in [0.5, 0.6) is 0 Å². The SMILES string of the molecule is Nc1ccc(S(=O)(=O)N2CC3CCC(O)C3C2)c(F)c1. The normalized spacial score (nSPS) is 30.6. The molecular formula is C13H17FN2O3S. The Morgan fingerprint density at radius 2 is 2.05 bits per heavy atom. The standard InChI is InChI=1S/C13H17FN2O3S/c14-11-5-9(15)2-4-13(11)20(18,19)16-6-8-1-3-12(17)10(8)7-16/h2,4-5,8,10,12,17H,1,3,6-7,15H2. The molecule has 5 nitrogen and oxygen atoms in total. The minimum Gasteiger partial charge on any atom is -0.399 e. The Morgan fingerprint density at radius 1 is 1.30 bits per heavy atom. The van der Waals surface area contributed by atoms with E-state index < -0.39 is 21.9 Å². The number of halogens is 1. The number of sulfonamides is 1. The number of aliphatic hydroxyl groups is 1. The number of nitrogen functional groups attached to an aromatic ring is 1. The van der Waals surface area contributed by atoms with E-state index in [4.69, 9.17) is 5.73 Å². The number of hydrogen-bond acceptors (Lipinski definition) is 4. The van der Waals surface area contributed by atoms with Crippen molar-refractivity contribution in [3.05, 3.63) is 24.0 Å². The van der Waals surface area contributed by atoms with Crippen LogP contribution >= 0.6 is 0 Å². The quantitative estimate of drug-likeness (QED) is 0.791. The lowest BCUT2D eigenvalue weighted by molar-refractivity contribution is 0.129. The summed E-state index contributed by atoms with van der Waals surface area (Å²) in [5, 5.41) is 9.83. The Morgan fingerprint density at radius 3 is 2.70 bits per heavy atom. The van der Waals surface area contributed by atoms with Crippen molar-refractivity contribution in [1.29, 1.82) is 0 Å². The fraction of sp³-hybridized carbons (Fsp3) is 0.538. The third-order valence-electron chi connectivity index (χ3n) is 4.36. The molecule has 0 spiro atoms. The van der Waals surface area contributed by atoms with Crippen LogP contribution in [0.25, 0.3) is 0 Å². The summed E-state index contributed by atoms with van der Waals surface area (Å²) in [4.78, 5) is -0.346. The molecule has 0 radical (unpaired) electrons. The Balaban J connectivity index is 1.90. The van der Waals surface area contributed by atoms with Crippen LogP contribution in [-0.4, -0.2) is 37.0 Å². The van der Waals surface area contributed by atoms with E-state index in [1.165, 1.54) is 16.4 Å². The zero-order valence-corrected chi connectivity index (χ0v) is 11.7. The summed E-state index contributed by atoms with van der Waals surface area (Å²) < 4.78 is 40.0. The lowest BCUT2D eigenvalue weighted by Crippen LogP contribution is -2.31. The number of anilines is 1. The summed E-state index contributed by atoms with van der Waals surface area (Å²) in [6.45, 7) is 0.617. The molecule has 1 aromatic carbocycles. The van der Waals surface area contributed by atoms with Crippen LogP contribution in [0.15, 0.2) is 23.1 Å². The van der Waals surface area contributed by atoms with Crippen molar-refractivity contribution >= 4 is 15.7 Å². The zero-order chi connectivity index (χ0) is 14.5. The predicted molar refractivity (Wildman–Crippen MR) is 71.8 cm³/mol. The molecule has 1 saturated heterocycles. The zero-order valence-electron chi connectivity index (χ0n) is 10.9. The first kappa shape index (κ1) is 13.8. The van der Waals surface area contributed by atoms with E-state index in [2.05, 4.69) is 0 Å². The second-order valence-corrected chi connectivity index (χ2v) is 7.49. The van der Waals surface area contributed by atoms with Gasteiger partial charge < -0.3 is 10.8 Å². The minimum absolute atomic E-state index is 0.0263. The Labute approximate surface area is 117 Å². The summed E-state index contributed by atoms with van der Waals surface area (Å²) in [6, 6.07) is 3.59. The monoisotopic (exact) mass is 300 g/mol. The lowest BCUT2D eigenvalue weighted by Gasteiger charge is -2.18. The summed E-state index contributed by atoms with van der Waals surface area (Å²) in [5.41, 5.74) is 5.63. The lowest BCUT2D eigenvalue weighted by atomic mass is 10.00. The molecule has 0 aromatic heterocycles. The Hall–Kier alpha value is -1.18. The van der Waals surface area contributed by atoms with Gasteiger partial charge in [0, 0.05) is 24.7 Å². The topological polar surface area (TPSA) is 83.6 Å². The van der Waals surface area contributed by atoms with Crippen LogP contribution in [0.4, 0.5) is 10.1 Å². The van der Waals surface area contributed by atoms with Crippen LogP contribution in [-0.2, 0) is 10.0 Å². The van der Waals surface area contributed by atoms with E-state index >= 15 is 0 Å². The van der Waals surface area contributed by atoms with Crippen molar-refractivity contribution < 1.29 is 17.9 Å². The molecule has 1 saturated carbocycles. The van der Waals surface area contributed by atoms with Crippen LogP contribution in [0.2, 0.25) is 0 Å². The summed E-state index contributed by atoms with van der Waals surface area (Å²) >= 11 is 0. The molecule has 1 heterocycles. The van der Waals surface area contributed by atoms with Gasteiger partial charge in [-0.15, -0.1) is 0 Å². The van der Waals surface area contributed by atoms with Crippen LogP contribution in [0.3, 0.4) is 0 Å². The first-order valence-electron chi connectivity index (χ1n) is 6.63. The summed E-state index contributed by atoms with van der Waals surface area (Å²) in [7, 11) is -3.86. The van der Waals surface area contributed by atoms with E-state index in [1.807, 2.05) is 0 Å². The summed E-state index contributed by atoms with van der Waals surface area (Å²) in [5.74, 6) is -0.680. The number of benzene rings is 1. The van der Waals surface area contributed by atoms with Gasteiger partial charge in [0.2, 0.25) is 10.0 Å². The maximum atomic E-state index is 13.8. The number of nitrogens with two attached hydrogens (primary N) is 1. The first-order valence-corrected chi connectivity index (χ1v) is 8.07. The van der Waals surface area contributed by atoms with Crippen molar-refractivity contribution in [3.8, 4) is 0 Å². The van der Waals surface area contributed by atoms with E-state index in [-0.39, 0.29) is 29.0 Å². The van der Waals surface area contributed by atoms with Gasteiger partial charge in [0.05, 0.1) is 6.10 Å². The van der Waals surface area contributed by atoms with Crippen LogP contribution in [0.1, 0.15) is 12.8 Å². The largest absolute Gasteiger partial charge is 0.399 e. The number of nitrogens with zero attached hydrogens (tertiary/aromatic N) is 1. The maximum absolute atomic E-state index is 13.8. The van der Waals surface area contributed by atoms with Gasteiger partial charge in [-0.1, -0.05) is 0 Å². The molecule has 2 aliphatic rings. The summed E-state index contributed by atoms with van der Waals surface area (Å²) in [6.07, 6.45) is 1.10. The molecule has 3 unspecified atom stereocenters. The van der Waals surface area contributed by atoms with Gasteiger partial charge in [-0.05, 0) is 37.0 Å². The van der Waals surface area contributed by atoms with Gasteiger partial charge in [0.1, 0.15) is 10.7 Å². The van der Waals surface area contributed by atoms with Crippen molar-refractivity contribution in [3.63, 3.8) is 0 Å². The molecule has 2 fully saturated rings. The molecule has 7 heteroatoms. The van der Waals surface area contributed by atoms with Crippen molar-refractivity contribution in [2.45, 2.75) is 23.8 Å². The molecule has 0 bridgehead atoms. The average Bonchev–Trinajstić information content (AvgIpc) is 2.92. The first-order chi connectivity index (χ1) is 9.39. The second-order valence-electron chi connectivity index (χ2n) is 5.58. The van der Waals surface area contributed by atoms with Gasteiger partial charge in [-0.2, -0.15) is 4.31 Å². The molecule has 20 heavy (non-hydrogen) atoms. The van der Waals surface area contributed by atoms with Crippen molar-refractivity contribution in [1.82, 2.24) is 4.31 Å². The highest BCUT2D eigenvalue weighted by Crippen LogP contribution is 2.40. The molecule has 110 valence electrons. The van der Waals surface area contributed by atoms with Gasteiger partial charge in [-0.3, -0.25) is 0 Å². The van der Waals surface area contributed by atoms with E-state index in [9.17, 15) is 17.9 Å². The Kier molecular flexibility index (Phi) is 3.23. The highest BCUT2D eigenvalue weighted by molar-refractivity contribution is 7.89. The predicted octanol–water partition coefficient (Wildman–Crippen LogP) is 0.799. The molecule has 3 rings (SSSR count). The van der Waals surface area contributed by atoms with Gasteiger partial charge in [0.25, 0.3) is 0 Å². The highest BCUT2D eigenvalue weighted by Gasteiger charge is 2.46. The third-order valence-corrected chi connectivity index (χ3v) is 6.22. The molecule has 0 amide bonds. The number of rotatable bonds is 2. The second kappa shape index (κ2) is 4.68. The smallest absolute Gasteiger partial charge is 0.246 e. The fourth-order valence-electron chi connectivity index (χ4n) is 3.26. The van der Waals surface area contributed by atoms with Gasteiger partial charge in [0.15, 0.2) is 0 Å². The fourth-order valence-corrected chi connectivity index (χ4v) is 4.84. The van der Waals surface area contributed by atoms with Gasteiger partial charge >= 0.3 is 0 Å². The third kappa shape index (κ3) is 2.10. The van der Waals surface area contributed by atoms with Gasteiger partial charge in [-0.25, -0.2) is 12.8 Å². The van der Waals surface area contributed by atoms with Crippen LogP contribution < -0.4 is 5.73 Å². The van der Waals surface area contributed by atoms with E-state index in [0.29, 0.717) is 6.54 Å². The van der Waals surface area contributed by atoms with E-state index in [0.717, 1.165) is 18.9 Å². The van der Waals surface area contributed by atoms with Crippen LogP contribution in [0, 0.1) is 17.7 Å². The van der Waals surface area contributed by atoms with E-state index in [1.54, 1.807) is 0 Å².